The largest absolute Gasteiger partial charge is 0.497 e. The third-order valence-electron chi connectivity index (χ3n) is 5.41. The quantitative estimate of drug-likeness (QED) is 0.838. The maximum Gasteiger partial charge on any atom is 0.257 e. The minimum atomic E-state index is 0.0728. The van der Waals surface area contributed by atoms with E-state index in [2.05, 4.69) is 5.10 Å². The Balaban J connectivity index is 1.47. The van der Waals surface area contributed by atoms with Crippen molar-refractivity contribution in [3.8, 4) is 11.5 Å². The number of likely N-dealkylation sites (tertiary alicyclic amines) is 1. The van der Waals surface area contributed by atoms with Gasteiger partial charge in [0.1, 0.15) is 18.1 Å². The molecule has 1 saturated heterocycles. The van der Waals surface area contributed by atoms with Crippen molar-refractivity contribution in [2.45, 2.75) is 31.3 Å². The van der Waals surface area contributed by atoms with Gasteiger partial charge in [0.05, 0.1) is 24.9 Å². The number of hydrogen-bond donors (Lipinski definition) is 0. The van der Waals surface area contributed by atoms with E-state index >= 15 is 0 Å². The molecule has 2 fully saturated rings. The molecule has 1 aliphatic heterocycles. The summed E-state index contributed by atoms with van der Waals surface area (Å²) in [5.41, 5.74) is 0.657. The van der Waals surface area contributed by atoms with Crippen LogP contribution in [0.25, 0.3) is 0 Å². The van der Waals surface area contributed by atoms with Gasteiger partial charge < -0.3 is 14.4 Å². The zero-order valence-electron chi connectivity index (χ0n) is 14.6. The standard InChI is InChI=1S/C19H23N3O3/c1-21-11-14(10-20-21)19(23)22-15-4-3-13(9-15)18(22)12-25-17-7-5-16(24-2)6-8-17/h5-8,10-11,13,15,18H,3-4,9,12H2,1-2H3/t13-,15-,18-/m1/s1. The molecule has 0 spiro atoms. The molecule has 2 bridgehead atoms. The molecule has 1 saturated carbocycles. The number of fused-ring (bicyclic) bond motifs is 2. The van der Waals surface area contributed by atoms with E-state index in [9.17, 15) is 4.79 Å². The van der Waals surface area contributed by atoms with Gasteiger partial charge >= 0.3 is 0 Å². The highest BCUT2D eigenvalue weighted by molar-refractivity contribution is 5.94. The van der Waals surface area contributed by atoms with Crippen molar-refractivity contribution in [3.05, 3.63) is 42.2 Å². The minimum Gasteiger partial charge on any atom is -0.497 e. The minimum absolute atomic E-state index is 0.0728. The molecule has 1 aliphatic carbocycles. The summed E-state index contributed by atoms with van der Waals surface area (Å²) >= 11 is 0. The molecule has 0 unspecified atom stereocenters. The highest BCUT2D eigenvalue weighted by Gasteiger charge is 2.48. The third-order valence-corrected chi connectivity index (χ3v) is 5.41. The average Bonchev–Trinajstić information content (AvgIpc) is 3.35. The van der Waals surface area contributed by atoms with Gasteiger partial charge in [-0.05, 0) is 49.4 Å². The van der Waals surface area contributed by atoms with Crippen LogP contribution in [0.3, 0.4) is 0 Å². The van der Waals surface area contributed by atoms with Gasteiger partial charge in [0.2, 0.25) is 0 Å². The van der Waals surface area contributed by atoms with Crippen LogP contribution in [0.15, 0.2) is 36.7 Å². The second kappa shape index (κ2) is 6.43. The lowest BCUT2D eigenvalue weighted by atomic mass is 9.99. The van der Waals surface area contributed by atoms with Gasteiger partial charge in [-0.2, -0.15) is 5.10 Å². The maximum atomic E-state index is 13.0. The summed E-state index contributed by atoms with van der Waals surface area (Å²) in [5, 5.41) is 4.13. The van der Waals surface area contributed by atoms with Crippen LogP contribution in [-0.4, -0.2) is 46.4 Å². The summed E-state index contributed by atoms with van der Waals surface area (Å²) in [7, 11) is 3.48. The first-order chi connectivity index (χ1) is 12.2. The molecule has 2 heterocycles. The van der Waals surface area contributed by atoms with Crippen molar-refractivity contribution in [1.82, 2.24) is 14.7 Å². The number of methoxy groups -OCH3 is 1. The van der Waals surface area contributed by atoms with E-state index in [0.717, 1.165) is 24.3 Å². The molecule has 2 aromatic rings. The number of aryl methyl sites for hydroxylation is 1. The smallest absolute Gasteiger partial charge is 0.257 e. The monoisotopic (exact) mass is 341 g/mol. The molecule has 0 radical (unpaired) electrons. The van der Waals surface area contributed by atoms with Gasteiger partial charge in [0.25, 0.3) is 5.91 Å². The Morgan fingerprint density at radius 3 is 2.68 bits per heavy atom. The van der Waals surface area contributed by atoms with Crippen molar-refractivity contribution in [1.29, 1.82) is 0 Å². The Morgan fingerprint density at radius 2 is 2.00 bits per heavy atom. The van der Waals surface area contributed by atoms with E-state index in [1.54, 1.807) is 24.2 Å². The second-order valence-corrected chi connectivity index (χ2v) is 6.90. The normalized spacial score (nSPS) is 24.6. The second-order valence-electron chi connectivity index (χ2n) is 6.90. The van der Waals surface area contributed by atoms with Crippen LogP contribution < -0.4 is 9.47 Å². The summed E-state index contributed by atoms with van der Waals surface area (Å²) in [6.45, 7) is 0.527. The molecule has 6 heteroatoms. The number of aromatic nitrogens is 2. The lowest BCUT2D eigenvalue weighted by Crippen LogP contribution is -2.47. The number of piperidine rings is 1. The first-order valence-electron chi connectivity index (χ1n) is 8.74. The highest BCUT2D eigenvalue weighted by Crippen LogP contribution is 2.43. The van der Waals surface area contributed by atoms with E-state index in [-0.39, 0.29) is 11.9 Å². The first kappa shape index (κ1) is 16.0. The number of hydrogen-bond acceptors (Lipinski definition) is 4. The third kappa shape index (κ3) is 2.97. The van der Waals surface area contributed by atoms with Gasteiger partial charge in [-0.15, -0.1) is 0 Å². The van der Waals surface area contributed by atoms with Crippen LogP contribution in [-0.2, 0) is 7.05 Å². The molecule has 132 valence electrons. The molecular formula is C19H23N3O3. The first-order valence-corrected chi connectivity index (χ1v) is 8.74. The molecule has 1 aromatic heterocycles. The lowest BCUT2D eigenvalue weighted by molar-refractivity contribution is 0.0505. The Kier molecular flexibility index (Phi) is 4.11. The Morgan fingerprint density at radius 1 is 1.24 bits per heavy atom. The summed E-state index contributed by atoms with van der Waals surface area (Å²) in [6.07, 6.45) is 6.79. The van der Waals surface area contributed by atoms with Gasteiger partial charge in [0, 0.05) is 19.3 Å². The van der Waals surface area contributed by atoms with Crippen molar-refractivity contribution in [2.24, 2.45) is 13.0 Å². The van der Waals surface area contributed by atoms with E-state index in [1.165, 1.54) is 6.42 Å². The molecular weight excluding hydrogens is 318 g/mol. The summed E-state index contributed by atoms with van der Waals surface area (Å²) < 4.78 is 12.8. The van der Waals surface area contributed by atoms with Crippen LogP contribution in [0, 0.1) is 5.92 Å². The Labute approximate surface area is 147 Å². The maximum absolute atomic E-state index is 13.0. The fourth-order valence-electron chi connectivity index (χ4n) is 4.16. The number of benzene rings is 1. The summed E-state index contributed by atoms with van der Waals surface area (Å²) in [6, 6.07) is 8.04. The van der Waals surface area contributed by atoms with E-state index in [1.807, 2.05) is 36.2 Å². The number of amides is 1. The number of ether oxygens (including phenoxy) is 2. The zero-order chi connectivity index (χ0) is 17.4. The predicted octanol–water partition coefficient (Wildman–Crippen LogP) is 2.50. The fourth-order valence-corrected chi connectivity index (χ4v) is 4.16. The molecule has 2 aliphatic rings. The number of carbonyl (C=O) groups is 1. The number of nitrogens with zero attached hydrogens (tertiary/aromatic N) is 3. The van der Waals surface area contributed by atoms with Crippen LogP contribution in [0.4, 0.5) is 0 Å². The molecule has 1 aromatic carbocycles. The highest BCUT2D eigenvalue weighted by atomic mass is 16.5. The van der Waals surface area contributed by atoms with E-state index < -0.39 is 0 Å². The van der Waals surface area contributed by atoms with Crippen molar-refractivity contribution in [2.75, 3.05) is 13.7 Å². The Bertz CT molecular complexity index is 756. The SMILES string of the molecule is COc1ccc(OC[C@@H]2[C@@H]3CC[C@H](C3)N2C(=O)c2cnn(C)c2)cc1. The van der Waals surface area contributed by atoms with Crippen molar-refractivity contribution < 1.29 is 14.3 Å². The zero-order valence-corrected chi connectivity index (χ0v) is 14.6. The Hall–Kier alpha value is -2.50. The molecule has 4 rings (SSSR count). The summed E-state index contributed by atoms with van der Waals surface area (Å²) in [5.74, 6) is 2.21. The average molecular weight is 341 g/mol. The molecule has 1 amide bonds. The predicted molar refractivity (Wildman–Crippen MR) is 92.8 cm³/mol. The van der Waals surface area contributed by atoms with Crippen LogP contribution in [0.1, 0.15) is 29.6 Å². The van der Waals surface area contributed by atoms with Crippen molar-refractivity contribution in [3.63, 3.8) is 0 Å². The van der Waals surface area contributed by atoms with Gasteiger partial charge in [-0.25, -0.2) is 0 Å². The van der Waals surface area contributed by atoms with E-state index in [0.29, 0.717) is 24.1 Å². The molecule has 0 N–H and O–H groups in total. The lowest BCUT2D eigenvalue weighted by Gasteiger charge is -2.35. The topological polar surface area (TPSA) is 56.6 Å². The van der Waals surface area contributed by atoms with Crippen molar-refractivity contribution >= 4 is 5.91 Å². The van der Waals surface area contributed by atoms with E-state index in [4.69, 9.17) is 9.47 Å². The fraction of sp³-hybridized carbons (Fsp3) is 0.474. The molecule has 25 heavy (non-hydrogen) atoms. The van der Waals surface area contributed by atoms with Crippen LogP contribution in [0.2, 0.25) is 0 Å². The van der Waals surface area contributed by atoms with Gasteiger partial charge in [-0.1, -0.05) is 0 Å². The number of carbonyl (C=O) groups excluding carboxylic acids is 1. The summed E-state index contributed by atoms with van der Waals surface area (Å²) in [4.78, 5) is 15.0. The number of rotatable bonds is 5. The van der Waals surface area contributed by atoms with Crippen LogP contribution in [0.5, 0.6) is 11.5 Å². The van der Waals surface area contributed by atoms with Crippen LogP contribution >= 0.6 is 0 Å². The van der Waals surface area contributed by atoms with Gasteiger partial charge in [0.15, 0.2) is 0 Å². The molecule has 3 atom stereocenters. The molecule has 6 nitrogen and oxygen atoms in total. The van der Waals surface area contributed by atoms with Gasteiger partial charge in [-0.3, -0.25) is 9.48 Å².